The van der Waals surface area contributed by atoms with E-state index in [-0.39, 0.29) is 0 Å². The Morgan fingerprint density at radius 1 is 1.80 bits per heavy atom. The molecule has 1 fully saturated rings. The third-order valence-corrected chi connectivity index (χ3v) is 1.83. The van der Waals surface area contributed by atoms with Crippen LogP contribution in [0.15, 0.2) is 0 Å². The molecule has 0 atom stereocenters. The van der Waals surface area contributed by atoms with Gasteiger partial charge in [0.2, 0.25) is 0 Å². The summed E-state index contributed by atoms with van der Waals surface area (Å²) in [6.45, 7) is 0.931. The molecular formula is C2H5AsNO. The Morgan fingerprint density at radius 3 is 3.00 bits per heavy atom. The van der Waals surface area contributed by atoms with E-state index in [1.165, 1.54) is 5.21 Å². The van der Waals surface area contributed by atoms with Crippen molar-refractivity contribution in [3.8, 4) is 0 Å². The molecule has 0 saturated carbocycles. The zero-order valence-corrected chi connectivity index (χ0v) is 4.65. The van der Waals surface area contributed by atoms with Crippen molar-refractivity contribution in [1.29, 1.82) is 0 Å². The van der Waals surface area contributed by atoms with Crippen molar-refractivity contribution in [1.82, 2.24) is 4.40 Å². The van der Waals surface area contributed by atoms with Gasteiger partial charge >= 0.3 is 37.0 Å². The molecule has 2 nitrogen and oxygen atoms in total. The van der Waals surface area contributed by atoms with Crippen LogP contribution >= 0.6 is 0 Å². The van der Waals surface area contributed by atoms with E-state index in [0.717, 1.165) is 6.61 Å². The molecule has 1 radical (unpaired) electrons. The second-order valence-electron chi connectivity index (χ2n) is 0.821. The predicted octanol–water partition coefficient (Wildman–Crippen LogP) is -0.441. The monoisotopic (exact) mass is 134 g/mol. The summed E-state index contributed by atoms with van der Waals surface area (Å²) in [4.78, 5) is 4.74. The van der Waals surface area contributed by atoms with Gasteiger partial charge in [0.25, 0.3) is 0 Å². The summed E-state index contributed by atoms with van der Waals surface area (Å²) in [7, 11) is 0. The van der Waals surface area contributed by atoms with Crippen LogP contribution < -0.4 is 4.40 Å². The van der Waals surface area contributed by atoms with Gasteiger partial charge in [0.05, 0.1) is 0 Å². The first kappa shape index (κ1) is 3.66. The average molecular weight is 134 g/mol. The van der Waals surface area contributed by atoms with Crippen molar-refractivity contribution in [3.63, 3.8) is 0 Å². The average Bonchev–Trinajstić information content (AvgIpc) is 1.76. The van der Waals surface area contributed by atoms with E-state index in [2.05, 4.69) is 4.40 Å². The summed E-state index contributed by atoms with van der Waals surface area (Å²) in [5.74, 6) is 0. The van der Waals surface area contributed by atoms with Gasteiger partial charge in [0.15, 0.2) is 0 Å². The van der Waals surface area contributed by atoms with E-state index in [4.69, 9.17) is 4.84 Å². The zero-order chi connectivity index (χ0) is 3.54. The molecule has 5 heavy (non-hydrogen) atoms. The summed E-state index contributed by atoms with van der Waals surface area (Å²) in [5, 5.41) is 1.26. The molecule has 1 aliphatic heterocycles. The summed E-state index contributed by atoms with van der Waals surface area (Å²) in [6.07, 6.45) is 0. The van der Waals surface area contributed by atoms with Crippen LogP contribution in [0.5, 0.6) is 0 Å². The molecule has 0 aromatic carbocycles. The minimum absolute atomic E-state index is 0.382. The summed E-state index contributed by atoms with van der Waals surface area (Å²) >= 11 is 0.382. The van der Waals surface area contributed by atoms with Gasteiger partial charge in [-0.25, -0.2) is 0 Å². The van der Waals surface area contributed by atoms with Gasteiger partial charge in [0, 0.05) is 0 Å². The van der Waals surface area contributed by atoms with Crippen LogP contribution in [0, 0.1) is 0 Å². The Balaban J connectivity index is 2.08. The van der Waals surface area contributed by atoms with E-state index < -0.39 is 0 Å². The Morgan fingerprint density at radius 2 is 2.80 bits per heavy atom. The first-order valence-corrected chi connectivity index (χ1v) is 3.80. The summed E-state index contributed by atoms with van der Waals surface area (Å²) < 4.78 is 2.82. The Labute approximate surface area is 37.8 Å². The molecule has 0 amide bonds. The third-order valence-electron chi connectivity index (χ3n) is 0.434. The first-order chi connectivity index (χ1) is 2.50. The van der Waals surface area contributed by atoms with E-state index in [1.807, 2.05) is 0 Å². The fourth-order valence-electron chi connectivity index (χ4n) is 0.228. The molecule has 1 saturated heterocycles. The van der Waals surface area contributed by atoms with Gasteiger partial charge in [-0.05, 0) is 0 Å². The van der Waals surface area contributed by atoms with Crippen molar-refractivity contribution < 1.29 is 4.84 Å². The van der Waals surface area contributed by atoms with Crippen LogP contribution in [-0.4, -0.2) is 22.6 Å². The van der Waals surface area contributed by atoms with Crippen molar-refractivity contribution in [3.05, 3.63) is 0 Å². The Bertz CT molecular complexity index is 21.2. The van der Waals surface area contributed by atoms with Gasteiger partial charge in [-0.2, -0.15) is 0 Å². The van der Waals surface area contributed by atoms with E-state index in [0.29, 0.717) is 16.0 Å². The zero-order valence-electron chi connectivity index (χ0n) is 2.77. The fraction of sp³-hybridized carbons (Fsp3) is 1.00. The van der Waals surface area contributed by atoms with Crippen molar-refractivity contribution >= 4 is 16.0 Å². The fourth-order valence-corrected chi connectivity index (χ4v) is 1.19. The maximum atomic E-state index is 4.74. The third kappa shape index (κ3) is 0.917. The van der Waals surface area contributed by atoms with Crippen molar-refractivity contribution in [2.24, 2.45) is 0 Å². The molecule has 0 unspecified atom stereocenters. The van der Waals surface area contributed by atoms with Crippen LogP contribution in [0.1, 0.15) is 0 Å². The molecule has 29 valence electrons. The number of nitrogens with one attached hydrogen (secondary N) is 1. The summed E-state index contributed by atoms with van der Waals surface area (Å²) in [6, 6.07) is 0. The molecule has 1 aliphatic rings. The topological polar surface area (TPSA) is 21.3 Å². The van der Waals surface area contributed by atoms with Gasteiger partial charge < -0.3 is 0 Å². The molecule has 0 spiro atoms. The minimum atomic E-state index is 0.382. The maximum absolute atomic E-state index is 4.74. The van der Waals surface area contributed by atoms with Crippen LogP contribution in [-0.2, 0) is 4.84 Å². The number of hydrogen-bond acceptors (Lipinski definition) is 2. The van der Waals surface area contributed by atoms with Gasteiger partial charge in [0.1, 0.15) is 0 Å². The Kier molecular flexibility index (Phi) is 1.32. The van der Waals surface area contributed by atoms with Crippen LogP contribution in [0.4, 0.5) is 0 Å². The Hall–Kier alpha value is 0.478. The number of hydrogen-bond donors (Lipinski definition) is 1. The SMILES string of the molecule is C1C[As]NO1. The molecule has 0 bridgehead atoms. The van der Waals surface area contributed by atoms with Crippen LogP contribution in [0.3, 0.4) is 0 Å². The van der Waals surface area contributed by atoms with Crippen molar-refractivity contribution in [2.45, 2.75) is 5.21 Å². The van der Waals surface area contributed by atoms with Crippen LogP contribution in [0.25, 0.3) is 0 Å². The van der Waals surface area contributed by atoms with E-state index >= 15 is 0 Å². The summed E-state index contributed by atoms with van der Waals surface area (Å²) in [5.41, 5.74) is 0. The molecule has 3 heteroatoms. The van der Waals surface area contributed by atoms with Crippen LogP contribution in [0.2, 0.25) is 5.21 Å². The predicted molar refractivity (Wildman–Crippen MR) is 19.6 cm³/mol. The van der Waals surface area contributed by atoms with E-state index in [9.17, 15) is 0 Å². The first-order valence-electron chi connectivity index (χ1n) is 1.53. The molecule has 1 heterocycles. The molecule has 0 aliphatic carbocycles. The second-order valence-corrected chi connectivity index (χ2v) is 2.81. The van der Waals surface area contributed by atoms with E-state index in [1.54, 1.807) is 0 Å². The number of rotatable bonds is 0. The standard InChI is InChI=1S/C2H5AsNO/c1-2-5-4-3-1/h4H,1-2H2. The normalized spacial score (nSPS) is 28.8. The van der Waals surface area contributed by atoms with Gasteiger partial charge in [-0.1, -0.05) is 0 Å². The van der Waals surface area contributed by atoms with Gasteiger partial charge in [-0.15, -0.1) is 0 Å². The molecule has 0 aromatic heterocycles. The van der Waals surface area contributed by atoms with Gasteiger partial charge in [-0.3, -0.25) is 0 Å². The molecule has 1 rings (SSSR count). The quantitative estimate of drug-likeness (QED) is 0.453. The van der Waals surface area contributed by atoms with Crippen molar-refractivity contribution in [2.75, 3.05) is 6.61 Å². The molecular weight excluding hydrogens is 129 g/mol. The second kappa shape index (κ2) is 1.81. The molecule has 0 aromatic rings. The molecule has 1 N–H and O–H groups in total.